The Kier molecular flexibility index (Phi) is 3.51. The predicted octanol–water partition coefficient (Wildman–Crippen LogP) is -0.00410. The van der Waals surface area contributed by atoms with Crippen LogP contribution in [0.3, 0.4) is 0 Å². The highest BCUT2D eigenvalue weighted by molar-refractivity contribution is 7.94. The molecule has 6 heteroatoms. The molecule has 2 atom stereocenters. The van der Waals surface area contributed by atoms with Gasteiger partial charge in [-0.15, -0.1) is 0 Å². The molecule has 0 aliphatic carbocycles. The number of hydrogen-bond donors (Lipinski definition) is 2. The van der Waals surface area contributed by atoms with Gasteiger partial charge in [0.25, 0.3) is 0 Å². The Balaban J connectivity index is 2.63. The lowest BCUT2D eigenvalue weighted by molar-refractivity contribution is -0.140. The molecule has 1 aliphatic rings. The van der Waals surface area contributed by atoms with Crippen molar-refractivity contribution < 1.29 is 18.3 Å². The summed E-state index contributed by atoms with van der Waals surface area (Å²) in [6, 6.07) is -1.11. The summed E-state index contributed by atoms with van der Waals surface area (Å²) in [7, 11) is -3.13. The number of nitrogens with one attached hydrogen (secondary N) is 1. The summed E-state index contributed by atoms with van der Waals surface area (Å²) in [4.78, 5) is 10.9. The molecule has 0 aromatic rings. The van der Waals surface area contributed by atoms with Gasteiger partial charge in [0.15, 0.2) is 9.84 Å². The van der Waals surface area contributed by atoms with E-state index in [-0.39, 0.29) is 11.7 Å². The molecule has 0 amide bonds. The highest BCUT2D eigenvalue weighted by Gasteiger charge is 2.28. The van der Waals surface area contributed by atoms with Crippen LogP contribution in [0.25, 0.3) is 0 Å². The molecular formula is C9H15NO4S. The fourth-order valence-corrected chi connectivity index (χ4v) is 2.71. The molecule has 15 heavy (non-hydrogen) atoms. The van der Waals surface area contributed by atoms with Gasteiger partial charge < -0.3 is 5.11 Å². The van der Waals surface area contributed by atoms with Crippen molar-refractivity contribution in [1.82, 2.24) is 5.32 Å². The van der Waals surface area contributed by atoms with E-state index in [1.807, 2.05) is 0 Å². The zero-order chi connectivity index (χ0) is 11.6. The maximum absolute atomic E-state index is 11.1. The normalized spacial score (nSPS) is 25.7. The average molecular weight is 233 g/mol. The van der Waals surface area contributed by atoms with Gasteiger partial charge in [-0.2, -0.15) is 0 Å². The molecule has 2 unspecified atom stereocenters. The van der Waals surface area contributed by atoms with E-state index in [1.165, 1.54) is 6.08 Å². The zero-order valence-electron chi connectivity index (χ0n) is 8.67. The molecule has 0 bridgehead atoms. The minimum absolute atomic E-state index is 0.0521. The van der Waals surface area contributed by atoms with Crippen molar-refractivity contribution in [3.63, 3.8) is 0 Å². The van der Waals surface area contributed by atoms with Crippen molar-refractivity contribution in [2.24, 2.45) is 5.92 Å². The first-order chi connectivity index (χ1) is 6.82. The quantitative estimate of drug-likeness (QED) is 0.714. The number of carboxylic acid groups (broad SMARTS) is 1. The van der Waals surface area contributed by atoms with Crippen molar-refractivity contribution in [2.75, 3.05) is 5.75 Å². The topological polar surface area (TPSA) is 83.5 Å². The molecule has 0 radical (unpaired) electrons. The minimum Gasteiger partial charge on any atom is -0.480 e. The molecule has 0 fully saturated rings. The van der Waals surface area contributed by atoms with Crippen LogP contribution in [0.4, 0.5) is 0 Å². The summed E-state index contributed by atoms with van der Waals surface area (Å²) >= 11 is 0. The van der Waals surface area contributed by atoms with Crippen LogP contribution in [0.2, 0.25) is 0 Å². The fourth-order valence-electron chi connectivity index (χ4n) is 1.46. The number of carbonyl (C=O) groups is 1. The molecule has 1 heterocycles. The van der Waals surface area contributed by atoms with Crippen LogP contribution in [-0.2, 0) is 14.6 Å². The highest BCUT2D eigenvalue weighted by Crippen LogP contribution is 2.11. The SMILES string of the molecule is CC(C)C(NC1C=CS(=O)(=O)C1)C(=O)O. The molecule has 0 saturated carbocycles. The van der Waals surface area contributed by atoms with Gasteiger partial charge in [-0.1, -0.05) is 19.9 Å². The standard InChI is InChI=1S/C9H15NO4S/c1-6(2)8(9(11)12)10-7-3-4-15(13,14)5-7/h3-4,6-8,10H,5H2,1-2H3,(H,11,12). The van der Waals surface area contributed by atoms with E-state index in [1.54, 1.807) is 13.8 Å². The van der Waals surface area contributed by atoms with Crippen molar-refractivity contribution in [1.29, 1.82) is 0 Å². The third kappa shape index (κ3) is 3.32. The molecular weight excluding hydrogens is 218 g/mol. The van der Waals surface area contributed by atoms with E-state index in [0.717, 1.165) is 5.41 Å². The van der Waals surface area contributed by atoms with Crippen LogP contribution in [0.5, 0.6) is 0 Å². The molecule has 1 rings (SSSR count). The first-order valence-corrected chi connectivity index (χ1v) is 6.43. The summed E-state index contributed by atoms with van der Waals surface area (Å²) in [6.45, 7) is 3.55. The maximum atomic E-state index is 11.1. The van der Waals surface area contributed by atoms with Crippen LogP contribution in [-0.4, -0.2) is 37.3 Å². The van der Waals surface area contributed by atoms with Gasteiger partial charge >= 0.3 is 5.97 Å². The Morgan fingerprint density at radius 2 is 2.13 bits per heavy atom. The Morgan fingerprint density at radius 1 is 1.53 bits per heavy atom. The Hall–Kier alpha value is -0.880. The highest BCUT2D eigenvalue weighted by atomic mass is 32.2. The van der Waals surface area contributed by atoms with Crippen LogP contribution >= 0.6 is 0 Å². The van der Waals surface area contributed by atoms with Gasteiger partial charge in [-0.25, -0.2) is 8.42 Å². The second-order valence-electron chi connectivity index (χ2n) is 3.99. The number of hydrogen-bond acceptors (Lipinski definition) is 4. The third-order valence-electron chi connectivity index (χ3n) is 2.26. The zero-order valence-corrected chi connectivity index (χ0v) is 9.49. The fraction of sp³-hybridized carbons (Fsp3) is 0.667. The molecule has 1 aliphatic heterocycles. The Morgan fingerprint density at radius 3 is 2.47 bits per heavy atom. The van der Waals surface area contributed by atoms with Crippen LogP contribution < -0.4 is 5.32 Å². The first kappa shape index (κ1) is 12.2. The number of rotatable bonds is 4. The molecule has 0 aromatic carbocycles. The van der Waals surface area contributed by atoms with E-state index in [2.05, 4.69) is 5.32 Å². The number of carboxylic acids is 1. The summed E-state index contributed by atoms with van der Waals surface area (Å²) in [5.74, 6) is -1.09. The number of sulfone groups is 1. The van der Waals surface area contributed by atoms with Crippen LogP contribution in [0.1, 0.15) is 13.8 Å². The largest absolute Gasteiger partial charge is 0.480 e. The molecule has 0 spiro atoms. The lowest BCUT2D eigenvalue weighted by atomic mass is 10.0. The van der Waals surface area contributed by atoms with Crippen molar-refractivity contribution in [2.45, 2.75) is 25.9 Å². The minimum atomic E-state index is -3.13. The average Bonchev–Trinajstić information content (AvgIpc) is 2.40. The van der Waals surface area contributed by atoms with Gasteiger partial charge in [0, 0.05) is 11.4 Å². The van der Waals surface area contributed by atoms with Crippen LogP contribution in [0, 0.1) is 5.92 Å². The van der Waals surface area contributed by atoms with Crippen molar-refractivity contribution in [3.05, 3.63) is 11.5 Å². The summed E-state index contributed by atoms with van der Waals surface area (Å²) in [5.41, 5.74) is 0. The maximum Gasteiger partial charge on any atom is 0.320 e. The van der Waals surface area contributed by atoms with Crippen LogP contribution in [0.15, 0.2) is 11.5 Å². The smallest absolute Gasteiger partial charge is 0.320 e. The molecule has 2 N–H and O–H groups in total. The van der Waals surface area contributed by atoms with Gasteiger partial charge in [-0.05, 0) is 5.92 Å². The molecule has 86 valence electrons. The third-order valence-corrected chi connectivity index (χ3v) is 3.65. The van der Waals surface area contributed by atoms with Crippen molar-refractivity contribution in [3.8, 4) is 0 Å². The van der Waals surface area contributed by atoms with E-state index >= 15 is 0 Å². The lowest BCUT2D eigenvalue weighted by Gasteiger charge is -2.20. The Bertz CT molecular complexity index is 372. The van der Waals surface area contributed by atoms with Gasteiger partial charge in [0.1, 0.15) is 6.04 Å². The number of aliphatic carboxylic acids is 1. The summed E-state index contributed by atoms with van der Waals surface area (Å²) in [5, 5.41) is 12.8. The Labute approximate surface area is 89.1 Å². The van der Waals surface area contributed by atoms with Gasteiger partial charge in [0.05, 0.1) is 5.75 Å². The van der Waals surface area contributed by atoms with Gasteiger partial charge in [0.2, 0.25) is 0 Å². The molecule has 0 saturated heterocycles. The van der Waals surface area contributed by atoms with E-state index in [0.29, 0.717) is 0 Å². The molecule has 0 aromatic heterocycles. The van der Waals surface area contributed by atoms with Gasteiger partial charge in [-0.3, -0.25) is 10.1 Å². The van der Waals surface area contributed by atoms with E-state index in [4.69, 9.17) is 5.11 Å². The van der Waals surface area contributed by atoms with E-state index < -0.39 is 27.9 Å². The second kappa shape index (κ2) is 4.32. The monoisotopic (exact) mass is 233 g/mol. The lowest BCUT2D eigenvalue weighted by Crippen LogP contribution is -2.46. The molecule has 5 nitrogen and oxygen atoms in total. The van der Waals surface area contributed by atoms with E-state index in [9.17, 15) is 13.2 Å². The summed E-state index contributed by atoms with van der Waals surface area (Å²) < 4.78 is 22.2. The summed E-state index contributed by atoms with van der Waals surface area (Å²) in [6.07, 6.45) is 1.49. The predicted molar refractivity (Wildman–Crippen MR) is 56.1 cm³/mol. The second-order valence-corrected chi connectivity index (χ2v) is 5.92. The van der Waals surface area contributed by atoms with Crippen molar-refractivity contribution >= 4 is 15.8 Å². The first-order valence-electron chi connectivity index (χ1n) is 4.71.